The molecule has 2 heterocycles. The fraction of sp³-hybridized carbons (Fsp3) is 0.692. The molecule has 1 aliphatic rings. The van der Waals surface area contributed by atoms with Crippen LogP contribution >= 0.6 is 0 Å². The van der Waals surface area contributed by atoms with Crippen molar-refractivity contribution in [3.05, 3.63) is 18.0 Å². The fourth-order valence-electron chi connectivity index (χ4n) is 2.48. The van der Waals surface area contributed by atoms with E-state index < -0.39 is 0 Å². The molecule has 0 saturated carbocycles. The minimum Gasteiger partial charge on any atom is -0.383 e. The van der Waals surface area contributed by atoms with Crippen LogP contribution in [-0.2, 0) is 4.74 Å². The molecule has 0 amide bonds. The van der Waals surface area contributed by atoms with E-state index >= 15 is 0 Å². The van der Waals surface area contributed by atoms with Gasteiger partial charge in [-0.05, 0) is 25.5 Å². The molecule has 5 nitrogen and oxygen atoms in total. The maximum absolute atomic E-state index is 5.19. The number of nitrogens with one attached hydrogen (secondary N) is 1. The van der Waals surface area contributed by atoms with E-state index in [-0.39, 0.29) is 0 Å². The molecule has 1 saturated heterocycles. The summed E-state index contributed by atoms with van der Waals surface area (Å²) in [5.41, 5.74) is 1.12. The number of piperidine rings is 1. The van der Waals surface area contributed by atoms with Crippen molar-refractivity contribution in [2.75, 3.05) is 39.2 Å². The topological polar surface area (TPSA) is 50.3 Å². The molecule has 1 unspecified atom stereocenters. The summed E-state index contributed by atoms with van der Waals surface area (Å²) >= 11 is 0. The van der Waals surface area contributed by atoms with Gasteiger partial charge in [0.05, 0.1) is 18.3 Å². The first kappa shape index (κ1) is 13.2. The molecule has 5 heteroatoms. The first-order valence-corrected chi connectivity index (χ1v) is 6.59. The summed E-state index contributed by atoms with van der Waals surface area (Å²) in [5, 5.41) is 3.00. The minimum absolute atomic E-state index is 0.406. The van der Waals surface area contributed by atoms with Gasteiger partial charge in [-0.1, -0.05) is 6.42 Å². The molecule has 1 atom stereocenters. The lowest BCUT2D eigenvalue weighted by molar-refractivity contribution is 0.0943. The first-order valence-electron chi connectivity index (χ1n) is 6.59. The van der Waals surface area contributed by atoms with Gasteiger partial charge in [-0.3, -0.25) is 4.90 Å². The van der Waals surface area contributed by atoms with E-state index in [4.69, 9.17) is 4.74 Å². The molecule has 0 spiro atoms. The van der Waals surface area contributed by atoms with Crippen LogP contribution in [0.3, 0.4) is 0 Å². The van der Waals surface area contributed by atoms with E-state index in [0.717, 1.165) is 25.4 Å². The number of aromatic nitrogens is 2. The monoisotopic (exact) mass is 250 g/mol. The predicted octanol–water partition coefficient (Wildman–Crippen LogP) is 1.69. The number of hydrogen-bond donors (Lipinski definition) is 1. The lowest BCUT2D eigenvalue weighted by Gasteiger charge is -2.35. The fourth-order valence-corrected chi connectivity index (χ4v) is 2.48. The van der Waals surface area contributed by atoms with Crippen molar-refractivity contribution in [2.45, 2.75) is 25.3 Å². The normalized spacial score (nSPS) is 20.9. The van der Waals surface area contributed by atoms with Gasteiger partial charge >= 0.3 is 0 Å². The molecule has 0 radical (unpaired) electrons. The third-order valence-electron chi connectivity index (χ3n) is 3.44. The number of rotatable bonds is 5. The molecular formula is C13H22N4O. The highest BCUT2D eigenvalue weighted by Crippen LogP contribution is 2.29. The molecule has 1 aromatic heterocycles. The van der Waals surface area contributed by atoms with Crippen LogP contribution in [0.15, 0.2) is 12.3 Å². The summed E-state index contributed by atoms with van der Waals surface area (Å²) in [7, 11) is 3.60. The Bertz CT molecular complexity index is 372. The molecule has 1 N–H and O–H groups in total. The predicted molar refractivity (Wildman–Crippen MR) is 71.6 cm³/mol. The zero-order valence-electron chi connectivity index (χ0n) is 11.2. The molecule has 1 aromatic rings. The molecule has 0 bridgehead atoms. The van der Waals surface area contributed by atoms with Crippen molar-refractivity contribution in [3.8, 4) is 0 Å². The van der Waals surface area contributed by atoms with Gasteiger partial charge in [-0.15, -0.1) is 0 Å². The van der Waals surface area contributed by atoms with Crippen LogP contribution in [0, 0.1) is 0 Å². The van der Waals surface area contributed by atoms with E-state index in [9.17, 15) is 0 Å². The number of nitrogens with zero attached hydrogens (tertiary/aromatic N) is 3. The minimum atomic E-state index is 0.406. The second-order valence-corrected chi connectivity index (χ2v) is 4.60. The lowest BCUT2D eigenvalue weighted by Crippen LogP contribution is -2.36. The lowest BCUT2D eigenvalue weighted by atomic mass is 9.99. The van der Waals surface area contributed by atoms with Crippen LogP contribution in [0.25, 0.3) is 0 Å². The number of methoxy groups -OCH3 is 1. The Morgan fingerprint density at radius 3 is 3.17 bits per heavy atom. The summed E-state index contributed by atoms with van der Waals surface area (Å²) < 4.78 is 5.19. The Hall–Kier alpha value is -1.20. The molecule has 1 fully saturated rings. The number of hydrogen-bond acceptors (Lipinski definition) is 5. The van der Waals surface area contributed by atoms with Crippen LogP contribution in [0.5, 0.6) is 0 Å². The Morgan fingerprint density at radius 2 is 2.39 bits per heavy atom. The Balaban J connectivity index is 2.11. The van der Waals surface area contributed by atoms with Crippen LogP contribution in [0.1, 0.15) is 31.0 Å². The van der Waals surface area contributed by atoms with Gasteiger partial charge in [0.1, 0.15) is 0 Å². The van der Waals surface area contributed by atoms with Crippen LogP contribution in [0.2, 0.25) is 0 Å². The highest BCUT2D eigenvalue weighted by Gasteiger charge is 2.24. The van der Waals surface area contributed by atoms with E-state index in [1.165, 1.54) is 19.3 Å². The smallest absolute Gasteiger partial charge is 0.222 e. The number of ether oxygens (including phenoxy) is 1. The second-order valence-electron chi connectivity index (χ2n) is 4.60. The van der Waals surface area contributed by atoms with E-state index in [2.05, 4.69) is 20.2 Å². The summed E-state index contributed by atoms with van der Waals surface area (Å²) in [4.78, 5) is 11.2. The Kier molecular flexibility index (Phi) is 4.90. The highest BCUT2D eigenvalue weighted by molar-refractivity contribution is 5.25. The van der Waals surface area contributed by atoms with Crippen molar-refractivity contribution >= 4 is 5.95 Å². The van der Waals surface area contributed by atoms with Gasteiger partial charge in [-0.2, -0.15) is 0 Å². The molecule has 1 aliphatic heterocycles. The molecule has 2 rings (SSSR count). The van der Waals surface area contributed by atoms with Crippen LogP contribution in [-0.4, -0.2) is 48.7 Å². The molecule has 100 valence electrons. The summed E-state index contributed by atoms with van der Waals surface area (Å²) in [6.45, 7) is 2.88. The average Bonchev–Trinajstić information content (AvgIpc) is 2.45. The van der Waals surface area contributed by atoms with Crippen molar-refractivity contribution in [2.24, 2.45) is 0 Å². The maximum Gasteiger partial charge on any atom is 0.222 e. The van der Waals surface area contributed by atoms with Crippen LogP contribution in [0.4, 0.5) is 5.95 Å². The SMILES string of the molecule is CNc1nccc(C2CCCCN2CCOC)n1. The zero-order chi connectivity index (χ0) is 12.8. The summed E-state index contributed by atoms with van der Waals surface area (Å²) in [6, 6.07) is 2.43. The average molecular weight is 250 g/mol. The third-order valence-corrected chi connectivity index (χ3v) is 3.44. The van der Waals surface area contributed by atoms with Crippen molar-refractivity contribution in [1.82, 2.24) is 14.9 Å². The van der Waals surface area contributed by atoms with Crippen molar-refractivity contribution in [3.63, 3.8) is 0 Å². The van der Waals surface area contributed by atoms with Crippen molar-refractivity contribution in [1.29, 1.82) is 0 Å². The quantitative estimate of drug-likeness (QED) is 0.862. The largest absolute Gasteiger partial charge is 0.383 e. The zero-order valence-corrected chi connectivity index (χ0v) is 11.2. The van der Waals surface area contributed by atoms with Gasteiger partial charge in [0.25, 0.3) is 0 Å². The van der Waals surface area contributed by atoms with Gasteiger partial charge in [-0.25, -0.2) is 9.97 Å². The van der Waals surface area contributed by atoms with Gasteiger partial charge in [0.2, 0.25) is 5.95 Å². The molecule has 18 heavy (non-hydrogen) atoms. The summed E-state index contributed by atoms with van der Waals surface area (Å²) in [5.74, 6) is 0.699. The van der Waals surface area contributed by atoms with Gasteiger partial charge in [0, 0.05) is 26.9 Å². The Morgan fingerprint density at radius 1 is 1.50 bits per heavy atom. The second kappa shape index (κ2) is 6.66. The third kappa shape index (κ3) is 3.17. The van der Waals surface area contributed by atoms with E-state index in [0.29, 0.717) is 12.0 Å². The van der Waals surface area contributed by atoms with E-state index in [1.54, 1.807) is 7.11 Å². The number of anilines is 1. The standard InChI is InChI=1S/C13H22N4O/c1-14-13-15-7-6-11(16-13)12-5-3-4-8-17(12)9-10-18-2/h6-7,12H,3-5,8-10H2,1-2H3,(H,14,15,16). The molecule has 0 aromatic carbocycles. The first-order chi connectivity index (χ1) is 8.85. The van der Waals surface area contributed by atoms with Gasteiger partial charge < -0.3 is 10.1 Å². The van der Waals surface area contributed by atoms with Crippen molar-refractivity contribution < 1.29 is 4.74 Å². The molecule has 0 aliphatic carbocycles. The van der Waals surface area contributed by atoms with Gasteiger partial charge in [0.15, 0.2) is 0 Å². The number of likely N-dealkylation sites (tertiary alicyclic amines) is 1. The molecular weight excluding hydrogens is 228 g/mol. The highest BCUT2D eigenvalue weighted by atomic mass is 16.5. The van der Waals surface area contributed by atoms with Crippen LogP contribution < -0.4 is 5.32 Å². The Labute approximate surface area is 109 Å². The maximum atomic E-state index is 5.19. The summed E-state index contributed by atoms with van der Waals surface area (Å²) in [6.07, 6.45) is 5.54. The van der Waals surface area contributed by atoms with E-state index in [1.807, 2.05) is 19.3 Å².